The number of morpholine rings is 1. The molecule has 3 saturated heterocycles. The molecule has 10 heteroatoms. The number of halogens is 2. The highest BCUT2D eigenvalue weighted by atomic mass is 19.3. The van der Waals surface area contributed by atoms with Gasteiger partial charge in [0.1, 0.15) is 5.82 Å². The molecular weight excluding hydrogens is 394 g/mol. The normalized spacial score (nSPS) is 29.0. The molecule has 6 rings (SSSR count). The molecule has 2 bridgehead atoms. The Morgan fingerprint density at radius 3 is 2.67 bits per heavy atom. The predicted molar refractivity (Wildman–Crippen MR) is 106 cm³/mol. The number of aromatic nitrogens is 3. The fourth-order valence-corrected chi connectivity index (χ4v) is 4.89. The molecule has 0 radical (unpaired) electrons. The summed E-state index contributed by atoms with van der Waals surface area (Å²) in [6.07, 6.45) is 4.05. The number of fused-ring (bicyclic) bond motifs is 3. The first-order valence-corrected chi connectivity index (χ1v) is 10.3. The highest BCUT2D eigenvalue weighted by molar-refractivity contribution is 5.68. The predicted octanol–water partition coefficient (Wildman–Crippen LogP) is 2.16. The third-order valence-corrected chi connectivity index (χ3v) is 6.55. The summed E-state index contributed by atoms with van der Waals surface area (Å²) in [5, 5.41) is 0. The van der Waals surface area contributed by atoms with E-state index in [1.807, 2.05) is 6.07 Å². The Hall–Kier alpha value is -2.75. The van der Waals surface area contributed by atoms with Gasteiger partial charge in [0.05, 0.1) is 24.4 Å². The van der Waals surface area contributed by atoms with Crippen molar-refractivity contribution in [1.29, 1.82) is 0 Å². The Morgan fingerprint density at radius 1 is 1.13 bits per heavy atom. The van der Waals surface area contributed by atoms with Crippen molar-refractivity contribution in [2.24, 2.45) is 11.8 Å². The number of nitrogens with zero attached hydrogens (tertiary/aromatic N) is 5. The van der Waals surface area contributed by atoms with E-state index in [1.165, 1.54) is 18.7 Å². The van der Waals surface area contributed by atoms with Crippen LogP contribution in [0.15, 0.2) is 18.3 Å². The first kappa shape index (κ1) is 18.1. The summed E-state index contributed by atoms with van der Waals surface area (Å²) < 4.78 is 35.7. The number of alkyl halides is 2. The summed E-state index contributed by atoms with van der Waals surface area (Å²) in [5.41, 5.74) is 6.88. The Labute approximate surface area is 172 Å². The second kappa shape index (κ2) is 6.63. The van der Waals surface area contributed by atoms with Gasteiger partial charge in [-0.1, -0.05) is 0 Å². The highest BCUT2D eigenvalue weighted by Crippen LogP contribution is 2.46. The van der Waals surface area contributed by atoms with Gasteiger partial charge in [-0.3, -0.25) is 0 Å². The Kier molecular flexibility index (Phi) is 3.99. The van der Waals surface area contributed by atoms with Crippen molar-refractivity contribution in [3.8, 4) is 17.0 Å². The van der Waals surface area contributed by atoms with E-state index in [2.05, 4.69) is 19.5 Å². The molecule has 2 N–H and O–H groups in total. The molecule has 4 unspecified atom stereocenters. The minimum absolute atomic E-state index is 0.0813. The van der Waals surface area contributed by atoms with Crippen LogP contribution in [0.1, 0.15) is 12.8 Å². The second-order valence-corrected chi connectivity index (χ2v) is 8.56. The lowest BCUT2D eigenvalue weighted by molar-refractivity contribution is -0.0494. The van der Waals surface area contributed by atoms with Gasteiger partial charge in [0.15, 0.2) is 11.6 Å². The number of rotatable bonds is 5. The number of nitrogens with two attached hydrogens (primary N) is 1. The molecule has 0 aromatic carbocycles. The van der Waals surface area contributed by atoms with Crippen molar-refractivity contribution in [1.82, 2.24) is 15.0 Å². The van der Waals surface area contributed by atoms with Crippen molar-refractivity contribution >= 4 is 17.6 Å². The van der Waals surface area contributed by atoms with Crippen molar-refractivity contribution in [2.45, 2.75) is 31.6 Å². The molecule has 2 aromatic rings. The van der Waals surface area contributed by atoms with E-state index in [-0.39, 0.29) is 17.7 Å². The smallest absolute Gasteiger partial charge is 0.387 e. The van der Waals surface area contributed by atoms with Gasteiger partial charge < -0.3 is 25.0 Å². The van der Waals surface area contributed by atoms with Crippen LogP contribution in [0.25, 0.3) is 11.3 Å². The maximum Gasteiger partial charge on any atom is 0.387 e. The van der Waals surface area contributed by atoms with E-state index in [1.54, 1.807) is 0 Å². The molecule has 8 nitrogen and oxygen atoms in total. The average molecular weight is 416 g/mol. The van der Waals surface area contributed by atoms with Crippen LogP contribution in [0, 0.1) is 11.8 Å². The zero-order valence-corrected chi connectivity index (χ0v) is 16.2. The zero-order valence-electron chi connectivity index (χ0n) is 16.2. The number of pyridine rings is 1. The van der Waals surface area contributed by atoms with Gasteiger partial charge in [-0.25, -0.2) is 9.97 Å². The van der Waals surface area contributed by atoms with Crippen molar-refractivity contribution < 1.29 is 18.3 Å². The molecule has 2 aromatic heterocycles. The largest absolute Gasteiger partial charge is 0.431 e. The van der Waals surface area contributed by atoms with Gasteiger partial charge in [0.2, 0.25) is 5.95 Å². The van der Waals surface area contributed by atoms with Crippen LogP contribution in [-0.4, -0.2) is 60.0 Å². The molecule has 5 heterocycles. The van der Waals surface area contributed by atoms with Gasteiger partial charge in [-0.2, -0.15) is 13.8 Å². The van der Waals surface area contributed by atoms with Crippen LogP contribution < -0.4 is 20.3 Å². The molecule has 3 aliphatic heterocycles. The number of ether oxygens (including phenoxy) is 2. The molecule has 0 amide bonds. The van der Waals surface area contributed by atoms with Crippen LogP contribution in [-0.2, 0) is 4.74 Å². The van der Waals surface area contributed by atoms with Gasteiger partial charge in [0, 0.05) is 37.5 Å². The van der Waals surface area contributed by atoms with E-state index in [0.717, 1.165) is 43.7 Å². The van der Waals surface area contributed by atoms with Crippen molar-refractivity contribution in [2.75, 3.05) is 41.8 Å². The summed E-state index contributed by atoms with van der Waals surface area (Å²) in [6.45, 7) is 0.441. The van der Waals surface area contributed by atoms with Crippen LogP contribution in [0.4, 0.5) is 26.4 Å². The third kappa shape index (κ3) is 3.10. The van der Waals surface area contributed by atoms with Gasteiger partial charge in [-0.15, -0.1) is 0 Å². The molecule has 4 fully saturated rings. The number of piperidine rings is 1. The quantitative estimate of drug-likeness (QED) is 0.793. The number of anilines is 3. The van der Waals surface area contributed by atoms with Gasteiger partial charge in [-0.05, 0) is 30.7 Å². The monoisotopic (exact) mass is 416 g/mol. The fraction of sp³-hybridized carbons (Fsp3) is 0.550. The molecule has 158 valence electrons. The summed E-state index contributed by atoms with van der Waals surface area (Å²) in [4.78, 5) is 18.1. The van der Waals surface area contributed by atoms with E-state index >= 15 is 0 Å². The Bertz CT molecular complexity index is 982. The molecule has 0 spiro atoms. The maximum absolute atomic E-state index is 12.7. The molecule has 1 aliphatic carbocycles. The van der Waals surface area contributed by atoms with Gasteiger partial charge in [0.25, 0.3) is 0 Å². The average Bonchev–Trinajstić information content (AvgIpc) is 3.12. The molecular formula is C20H22F2N6O2. The summed E-state index contributed by atoms with van der Waals surface area (Å²) in [6, 6.07) is 3.66. The van der Waals surface area contributed by atoms with Crippen molar-refractivity contribution in [3.63, 3.8) is 0 Å². The molecule has 4 aliphatic rings. The highest BCUT2D eigenvalue weighted by Gasteiger charge is 2.46. The topological polar surface area (TPSA) is 89.6 Å². The van der Waals surface area contributed by atoms with Crippen LogP contribution in [0.2, 0.25) is 0 Å². The molecule has 4 atom stereocenters. The van der Waals surface area contributed by atoms with E-state index in [0.29, 0.717) is 29.9 Å². The minimum Gasteiger partial charge on any atom is -0.431 e. The third-order valence-electron chi connectivity index (χ3n) is 6.55. The lowest BCUT2D eigenvalue weighted by Gasteiger charge is -2.29. The van der Waals surface area contributed by atoms with E-state index in [9.17, 15) is 8.78 Å². The van der Waals surface area contributed by atoms with Gasteiger partial charge >= 0.3 is 6.61 Å². The first-order valence-electron chi connectivity index (χ1n) is 10.3. The molecule has 30 heavy (non-hydrogen) atoms. The first-order chi connectivity index (χ1) is 14.5. The molecule has 1 saturated carbocycles. The Morgan fingerprint density at radius 2 is 1.97 bits per heavy atom. The van der Waals surface area contributed by atoms with Crippen LogP contribution >= 0.6 is 0 Å². The second-order valence-electron chi connectivity index (χ2n) is 8.56. The van der Waals surface area contributed by atoms with E-state index < -0.39 is 6.61 Å². The number of hydrogen-bond acceptors (Lipinski definition) is 8. The standard InChI is InChI=1S/C20H22F2N6O2/c21-19(22)30-16-2-10(5-24-18(16)23)15-4-17(28-8-14-3-13(28)9-29-14)26-20(25-15)27-6-11-1-12(11)7-27/h2,4-5,11-14,19H,1,3,6-9H2,(H2,23,24). The maximum atomic E-state index is 12.7. The summed E-state index contributed by atoms with van der Waals surface area (Å²) >= 11 is 0. The van der Waals surface area contributed by atoms with Crippen LogP contribution in [0.3, 0.4) is 0 Å². The minimum atomic E-state index is -2.97. The zero-order chi connectivity index (χ0) is 20.4. The Balaban J connectivity index is 1.39. The van der Waals surface area contributed by atoms with E-state index in [4.69, 9.17) is 20.4 Å². The van der Waals surface area contributed by atoms with Crippen LogP contribution in [0.5, 0.6) is 5.75 Å². The SMILES string of the molecule is Nc1ncc(-c2cc(N3CC4CC3CO4)nc(N3CC4CC4C3)n2)cc1OC(F)F. The number of nitrogen functional groups attached to an aromatic ring is 1. The lowest BCUT2D eigenvalue weighted by atomic mass is 10.2. The lowest BCUT2D eigenvalue weighted by Crippen LogP contribution is -2.38. The fourth-order valence-electron chi connectivity index (χ4n) is 4.89. The van der Waals surface area contributed by atoms with Crippen molar-refractivity contribution in [3.05, 3.63) is 18.3 Å². The summed E-state index contributed by atoms with van der Waals surface area (Å²) in [5.74, 6) is 2.75. The number of hydrogen-bond donors (Lipinski definition) is 1. The summed E-state index contributed by atoms with van der Waals surface area (Å²) in [7, 11) is 0.